The van der Waals surface area contributed by atoms with Gasteiger partial charge in [0.1, 0.15) is 17.3 Å². The molecule has 0 radical (unpaired) electrons. The number of nitrogens with zero attached hydrogens (tertiary/aromatic N) is 2. The second kappa shape index (κ2) is 10.1. The summed E-state index contributed by atoms with van der Waals surface area (Å²) >= 11 is 6.11. The molecule has 1 unspecified atom stereocenters. The van der Waals surface area contributed by atoms with Crippen molar-refractivity contribution in [2.75, 3.05) is 41.4 Å². The van der Waals surface area contributed by atoms with E-state index in [4.69, 9.17) is 21.1 Å². The SMILES string of the molecule is COc1cccc(C2/C(=C(/O)c3ccc(Cl)c(OC)c3)C(=O)C(=O)N2CCCN(C)C)c1. The molecule has 7 nitrogen and oxygen atoms in total. The van der Waals surface area contributed by atoms with Crippen LogP contribution in [0, 0.1) is 0 Å². The molecule has 1 atom stereocenters. The summed E-state index contributed by atoms with van der Waals surface area (Å²) < 4.78 is 10.6. The Kier molecular flexibility index (Phi) is 7.43. The van der Waals surface area contributed by atoms with Crippen LogP contribution in [0.5, 0.6) is 11.5 Å². The minimum Gasteiger partial charge on any atom is -0.507 e. The van der Waals surface area contributed by atoms with Gasteiger partial charge < -0.3 is 24.4 Å². The van der Waals surface area contributed by atoms with E-state index in [0.29, 0.717) is 40.6 Å². The van der Waals surface area contributed by atoms with Gasteiger partial charge in [0, 0.05) is 12.1 Å². The van der Waals surface area contributed by atoms with Gasteiger partial charge in [-0.3, -0.25) is 9.59 Å². The average molecular weight is 459 g/mol. The van der Waals surface area contributed by atoms with Crippen LogP contribution in [0.2, 0.25) is 5.02 Å². The van der Waals surface area contributed by atoms with Crippen molar-refractivity contribution in [2.24, 2.45) is 0 Å². The molecular weight excluding hydrogens is 432 g/mol. The van der Waals surface area contributed by atoms with Crippen molar-refractivity contribution in [1.29, 1.82) is 0 Å². The number of methoxy groups -OCH3 is 2. The molecule has 1 fully saturated rings. The van der Waals surface area contributed by atoms with Crippen molar-refractivity contribution in [1.82, 2.24) is 9.80 Å². The number of rotatable bonds is 8. The van der Waals surface area contributed by atoms with E-state index in [9.17, 15) is 14.7 Å². The number of aliphatic hydroxyl groups is 1. The molecule has 0 aliphatic carbocycles. The van der Waals surface area contributed by atoms with Crippen molar-refractivity contribution in [2.45, 2.75) is 12.5 Å². The lowest BCUT2D eigenvalue weighted by molar-refractivity contribution is -0.139. The van der Waals surface area contributed by atoms with Crippen molar-refractivity contribution in [3.63, 3.8) is 0 Å². The van der Waals surface area contributed by atoms with E-state index < -0.39 is 17.7 Å². The summed E-state index contributed by atoms with van der Waals surface area (Å²) in [6.45, 7) is 1.12. The Balaban J connectivity index is 2.13. The van der Waals surface area contributed by atoms with Gasteiger partial charge in [-0.05, 0) is 63.0 Å². The van der Waals surface area contributed by atoms with Crippen molar-refractivity contribution >= 4 is 29.1 Å². The molecule has 1 saturated heterocycles. The number of ketones is 1. The van der Waals surface area contributed by atoms with Gasteiger partial charge in [-0.2, -0.15) is 0 Å². The lowest BCUT2D eigenvalue weighted by Gasteiger charge is -2.26. The van der Waals surface area contributed by atoms with Gasteiger partial charge in [0.15, 0.2) is 0 Å². The predicted molar refractivity (Wildman–Crippen MR) is 123 cm³/mol. The van der Waals surface area contributed by atoms with Crippen LogP contribution in [0.1, 0.15) is 23.6 Å². The first-order valence-electron chi connectivity index (χ1n) is 10.2. The number of ether oxygens (including phenoxy) is 2. The number of hydrogen-bond donors (Lipinski definition) is 1. The molecule has 1 N–H and O–H groups in total. The Morgan fingerprint density at radius 2 is 1.88 bits per heavy atom. The number of aliphatic hydroxyl groups excluding tert-OH is 1. The van der Waals surface area contributed by atoms with Crippen LogP contribution < -0.4 is 9.47 Å². The molecule has 32 heavy (non-hydrogen) atoms. The number of carbonyl (C=O) groups is 2. The lowest BCUT2D eigenvalue weighted by Crippen LogP contribution is -2.32. The third-order valence-electron chi connectivity index (χ3n) is 5.38. The Hall–Kier alpha value is -3.03. The highest BCUT2D eigenvalue weighted by atomic mass is 35.5. The summed E-state index contributed by atoms with van der Waals surface area (Å²) in [5, 5.41) is 11.5. The van der Waals surface area contributed by atoms with Gasteiger partial charge in [0.2, 0.25) is 0 Å². The molecule has 1 aliphatic rings. The fourth-order valence-electron chi connectivity index (χ4n) is 3.79. The fraction of sp³-hybridized carbons (Fsp3) is 0.333. The largest absolute Gasteiger partial charge is 0.507 e. The minimum absolute atomic E-state index is 0.0254. The van der Waals surface area contributed by atoms with E-state index in [1.807, 2.05) is 25.1 Å². The van der Waals surface area contributed by atoms with Gasteiger partial charge in [0.05, 0.1) is 30.9 Å². The van der Waals surface area contributed by atoms with Gasteiger partial charge in [-0.15, -0.1) is 0 Å². The fourth-order valence-corrected chi connectivity index (χ4v) is 3.98. The van der Waals surface area contributed by atoms with Crippen LogP contribution in [0.4, 0.5) is 0 Å². The Morgan fingerprint density at radius 1 is 1.12 bits per heavy atom. The van der Waals surface area contributed by atoms with E-state index in [2.05, 4.69) is 0 Å². The van der Waals surface area contributed by atoms with E-state index in [1.165, 1.54) is 12.0 Å². The topological polar surface area (TPSA) is 79.3 Å². The first kappa shape index (κ1) is 23.6. The number of benzene rings is 2. The molecular formula is C24H27ClN2O5. The molecule has 2 aromatic carbocycles. The number of halogens is 1. The third-order valence-corrected chi connectivity index (χ3v) is 5.69. The zero-order valence-electron chi connectivity index (χ0n) is 18.6. The summed E-state index contributed by atoms with van der Waals surface area (Å²) in [7, 11) is 6.90. The smallest absolute Gasteiger partial charge is 0.295 e. The molecule has 1 amide bonds. The summed E-state index contributed by atoms with van der Waals surface area (Å²) in [5.74, 6) is -0.696. The first-order valence-corrected chi connectivity index (χ1v) is 10.6. The molecule has 8 heteroatoms. The predicted octanol–water partition coefficient (Wildman–Crippen LogP) is 3.73. The molecule has 2 aromatic rings. The number of amides is 1. The highest BCUT2D eigenvalue weighted by Crippen LogP contribution is 2.41. The van der Waals surface area contributed by atoms with Crippen LogP contribution in [-0.4, -0.2) is 68.0 Å². The summed E-state index contributed by atoms with van der Waals surface area (Å²) in [6.07, 6.45) is 0.676. The summed E-state index contributed by atoms with van der Waals surface area (Å²) in [5.41, 5.74) is 1.04. The third kappa shape index (κ3) is 4.74. The van der Waals surface area contributed by atoms with E-state index in [1.54, 1.807) is 43.5 Å². The van der Waals surface area contributed by atoms with Crippen molar-refractivity contribution in [3.8, 4) is 11.5 Å². The van der Waals surface area contributed by atoms with Crippen LogP contribution in [0.15, 0.2) is 48.0 Å². The highest BCUT2D eigenvalue weighted by Gasteiger charge is 2.45. The van der Waals surface area contributed by atoms with Gasteiger partial charge in [-0.1, -0.05) is 23.7 Å². The van der Waals surface area contributed by atoms with Crippen molar-refractivity contribution in [3.05, 3.63) is 64.2 Å². The molecule has 3 rings (SSSR count). The number of hydrogen-bond acceptors (Lipinski definition) is 6. The maximum absolute atomic E-state index is 13.1. The average Bonchev–Trinajstić information content (AvgIpc) is 3.03. The number of likely N-dealkylation sites (tertiary alicyclic amines) is 1. The Morgan fingerprint density at radius 3 is 2.53 bits per heavy atom. The second-order valence-electron chi connectivity index (χ2n) is 7.78. The molecule has 1 heterocycles. The van der Waals surface area contributed by atoms with Crippen molar-refractivity contribution < 1.29 is 24.2 Å². The standard InChI is InChI=1S/C24H27ClN2O5/c1-26(2)11-6-12-27-21(15-7-5-8-17(13-15)31-3)20(23(29)24(27)30)22(28)16-9-10-18(25)19(14-16)32-4/h5,7-10,13-14,21,28H,6,11-12H2,1-4H3/b22-20-. The second-order valence-corrected chi connectivity index (χ2v) is 8.18. The van der Waals surface area contributed by atoms with Gasteiger partial charge in [-0.25, -0.2) is 0 Å². The monoisotopic (exact) mass is 458 g/mol. The van der Waals surface area contributed by atoms with Crippen LogP contribution >= 0.6 is 11.6 Å². The first-order chi connectivity index (χ1) is 15.3. The van der Waals surface area contributed by atoms with Crippen LogP contribution in [-0.2, 0) is 9.59 Å². The summed E-state index contributed by atoms with van der Waals surface area (Å²) in [6, 6.07) is 11.1. The van der Waals surface area contributed by atoms with E-state index in [-0.39, 0.29) is 11.3 Å². The number of Topliss-reactive ketones (excluding diaryl/α,β-unsaturated/α-hetero) is 1. The van der Waals surface area contributed by atoms with E-state index >= 15 is 0 Å². The quantitative estimate of drug-likeness (QED) is 0.369. The number of carbonyl (C=O) groups excluding carboxylic acids is 2. The maximum atomic E-state index is 13.1. The molecule has 170 valence electrons. The highest BCUT2D eigenvalue weighted by molar-refractivity contribution is 6.46. The molecule has 0 spiro atoms. The normalized spacial score (nSPS) is 17.8. The molecule has 1 aliphatic heterocycles. The summed E-state index contributed by atoms with van der Waals surface area (Å²) in [4.78, 5) is 29.6. The Bertz CT molecular complexity index is 1050. The zero-order chi connectivity index (χ0) is 23.4. The van der Waals surface area contributed by atoms with E-state index in [0.717, 1.165) is 6.54 Å². The minimum atomic E-state index is -0.742. The van der Waals surface area contributed by atoms with Crippen LogP contribution in [0.25, 0.3) is 5.76 Å². The molecule has 0 aromatic heterocycles. The maximum Gasteiger partial charge on any atom is 0.295 e. The van der Waals surface area contributed by atoms with Gasteiger partial charge in [0.25, 0.3) is 11.7 Å². The van der Waals surface area contributed by atoms with Gasteiger partial charge >= 0.3 is 0 Å². The van der Waals surface area contributed by atoms with Crippen LogP contribution in [0.3, 0.4) is 0 Å². The molecule has 0 bridgehead atoms. The zero-order valence-corrected chi connectivity index (χ0v) is 19.3. The Labute approximate surface area is 192 Å². The lowest BCUT2D eigenvalue weighted by atomic mass is 9.95. The molecule has 0 saturated carbocycles.